The van der Waals surface area contributed by atoms with Crippen LogP contribution in [0.1, 0.15) is 23.9 Å². The Morgan fingerprint density at radius 1 is 1.38 bits per heavy atom. The topological polar surface area (TPSA) is 134 Å². The number of ether oxygens (including phenoxy) is 1. The summed E-state index contributed by atoms with van der Waals surface area (Å²) >= 11 is 0. The Bertz CT molecular complexity index is 837. The monoisotopic (exact) mass is 358 g/mol. The number of methoxy groups -OCH3 is 1. The third-order valence-corrected chi connectivity index (χ3v) is 4.19. The van der Waals surface area contributed by atoms with Crippen molar-refractivity contribution >= 4 is 11.7 Å². The van der Waals surface area contributed by atoms with E-state index in [4.69, 9.17) is 10.5 Å². The van der Waals surface area contributed by atoms with Crippen LogP contribution in [0.15, 0.2) is 35.1 Å². The second-order valence-electron chi connectivity index (χ2n) is 6.06. The molecule has 138 valence electrons. The molecule has 0 spiro atoms. The second kappa shape index (κ2) is 7.98. The number of aromatic nitrogens is 2. The lowest BCUT2D eigenvalue weighted by molar-refractivity contribution is -0.122. The average Bonchev–Trinajstić information content (AvgIpc) is 3.11. The molecule has 9 nitrogen and oxygen atoms in total. The van der Waals surface area contributed by atoms with Crippen molar-refractivity contribution in [3.63, 3.8) is 0 Å². The maximum absolute atomic E-state index is 12.3. The quantitative estimate of drug-likeness (QED) is 0.475. The van der Waals surface area contributed by atoms with E-state index in [0.29, 0.717) is 25.2 Å². The van der Waals surface area contributed by atoms with Crippen molar-refractivity contribution in [1.29, 1.82) is 0 Å². The number of rotatable bonds is 6. The Hall–Kier alpha value is -2.91. The minimum absolute atomic E-state index is 0.0211. The van der Waals surface area contributed by atoms with Crippen LogP contribution in [0, 0.1) is 0 Å². The van der Waals surface area contributed by atoms with Gasteiger partial charge in [0.05, 0.1) is 7.11 Å². The number of nitrogens with zero attached hydrogens (tertiary/aromatic N) is 1. The number of nitrogen functional groups attached to an aromatic ring is 1. The molecule has 2 unspecified atom stereocenters. The summed E-state index contributed by atoms with van der Waals surface area (Å²) in [6.07, 6.45) is 1.01. The number of H-pyrrole nitrogens is 1. The number of aromatic amines is 1. The number of hydrazine groups is 1. The number of benzene rings is 1. The molecule has 0 radical (unpaired) electrons. The summed E-state index contributed by atoms with van der Waals surface area (Å²) in [4.78, 5) is 30.3. The van der Waals surface area contributed by atoms with Crippen LogP contribution < -0.4 is 32.2 Å². The molecule has 3 rings (SSSR count). The fourth-order valence-electron chi connectivity index (χ4n) is 2.88. The normalized spacial score (nSPS) is 19.3. The van der Waals surface area contributed by atoms with Crippen molar-refractivity contribution in [2.75, 3.05) is 19.4 Å². The zero-order valence-electron chi connectivity index (χ0n) is 14.4. The molecule has 9 heteroatoms. The van der Waals surface area contributed by atoms with E-state index in [1.54, 1.807) is 7.11 Å². The van der Waals surface area contributed by atoms with Gasteiger partial charge in [-0.05, 0) is 24.1 Å². The summed E-state index contributed by atoms with van der Waals surface area (Å²) in [6, 6.07) is 8.63. The Morgan fingerprint density at radius 3 is 3.00 bits per heavy atom. The lowest BCUT2D eigenvalue weighted by Gasteiger charge is -2.11. The first-order valence-corrected chi connectivity index (χ1v) is 8.33. The van der Waals surface area contributed by atoms with Gasteiger partial charge in [-0.3, -0.25) is 9.59 Å². The Balaban J connectivity index is 1.50. The predicted octanol–water partition coefficient (Wildman–Crippen LogP) is -0.373. The highest BCUT2D eigenvalue weighted by Gasteiger charge is 2.30. The summed E-state index contributed by atoms with van der Waals surface area (Å²) in [5.41, 5.74) is 12.4. The Morgan fingerprint density at radius 2 is 2.23 bits per heavy atom. The second-order valence-corrected chi connectivity index (χ2v) is 6.06. The van der Waals surface area contributed by atoms with Gasteiger partial charge >= 0.3 is 0 Å². The van der Waals surface area contributed by atoms with Crippen molar-refractivity contribution in [2.45, 2.75) is 24.9 Å². The van der Waals surface area contributed by atoms with Crippen molar-refractivity contribution < 1.29 is 9.53 Å². The van der Waals surface area contributed by atoms with Crippen LogP contribution in [0.4, 0.5) is 5.82 Å². The van der Waals surface area contributed by atoms with Crippen LogP contribution in [-0.2, 0) is 11.2 Å². The Kier molecular flexibility index (Phi) is 5.49. The highest BCUT2D eigenvalue weighted by molar-refractivity contribution is 5.82. The highest BCUT2D eigenvalue weighted by atomic mass is 16.5. The van der Waals surface area contributed by atoms with Crippen LogP contribution >= 0.6 is 0 Å². The molecule has 2 aromatic rings. The molecule has 1 aliphatic rings. The van der Waals surface area contributed by atoms with Gasteiger partial charge in [-0.25, -0.2) is 15.8 Å². The molecule has 0 bridgehead atoms. The van der Waals surface area contributed by atoms with Crippen LogP contribution in [0.3, 0.4) is 0 Å². The molecule has 1 aromatic carbocycles. The summed E-state index contributed by atoms with van der Waals surface area (Å²) < 4.78 is 5.23. The minimum Gasteiger partial charge on any atom is -0.497 e. The largest absolute Gasteiger partial charge is 0.497 e. The smallest absolute Gasteiger partial charge is 0.252 e. The van der Waals surface area contributed by atoms with Gasteiger partial charge in [0.1, 0.15) is 23.4 Å². The Labute approximate surface area is 150 Å². The van der Waals surface area contributed by atoms with Gasteiger partial charge in [-0.15, -0.1) is 0 Å². The molecule has 1 fully saturated rings. The first-order chi connectivity index (χ1) is 12.5. The van der Waals surface area contributed by atoms with Gasteiger partial charge in [0.25, 0.3) is 5.56 Å². The summed E-state index contributed by atoms with van der Waals surface area (Å²) in [5, 5.41) is 2.84. The van der Waals surface area contributed by atoms with E-state index >= 15 is 0 Å². The van der Waals surface area contributed by atoms with Gasteiger partial charge in [0.2, 0.25) is 5.91 Å². The minimum atomic E-state index is -0.348. The number of anilines is 1. The van der Waals surface area contributed by atoms with E-state index in [9.17, 15) is 9.59 Å². The standard InChI is InChI=1S/C17H22N6O3/c1-26-11-4-2-3-10(7-11)12-8-13(23-22-12)17(25)19-6-5-15-20-14(18)9-16(24)21-15/h2-4,7,9,12-13,22-23H,5-6,8H2,1H3,(H,19,25)(H3,18,20,21,24). The molecule has 0 aliphatic carbocycles. The van der Waals surface area contributed by atoms with E-state index in [0.717, 1.165) is 11.3 Å². The molecule has 1 aromatic heterocycles. The number of carbonyl (C=O) groups is 1. The zero-order valence-corrected chi connectivity index (χ0v) is 14.4. The molecule has 6 N–H and O–H groups in total. The molecule has 0 saturated carbocycles. The molecular weight excluding hydrogens is 336 g/mol. The number of hydrogen-bond acceptors (Lipinski definition) is 7. The molecule has 1 saturated heterocycles. The molecule has 2 atom stereocenters. The van der Waals surface area contributed by atoms with Crippen molar-refractivity contribution in [3.05, 3.63) is 52.1 Å². The van der Waals surface area contributed by atoms with E-state index in [2.05, 4.69) is 26.1 Å². The number of amides is 1. The lowest BCUT2D eigenvalue weighted by Crippen LogP contribution is -2.43. The van der Waals surface area contributed by atoms with E-state index in [-0.39, 0.29) is 29.4 Å². The third kappa shape index (κ3) is 4.38. The number of nitrogens with two attached hydrogens (primary N) is 1. The first-order valence-electron chi connectivity index (χ1n) is 8.33. The van der Waals surface area contributed by atoms with Crippen molar-refractivity contribution in [1.82, 2.24) is 26.1 Å². The molecule has 1 amide bonds. The molecular formula is C17H22N6O3. The fourth-order valence-corrected chi connectivity index (χ4v) is 2.88. The number of nitrogens with one attached hydrogen (secondary N) is 4. The van der Waals surface area contributed by atoms with E-state index < -0.39 is 0 Å². The third-order valence-electron chi connectivity index (χ3n) is 4.19. The summed E-state index contributed by atoms with van der Waals surface area (Å²) in [5.74, 6) is 1.27. The van der Waals surface area contributed by atoms with Gasteiger partial charge < -0.3 is 20.8 Å². The molecule has 2 heterocycles. The molecule has 1 aliphatic heterocycles. The highest BCUT2D eigenvalue weighted by Crippen LogP contribution is 2.25. The van der Waals surface area contributed by atoms with Crippen LogP contribution in [-0.4, -0.2) is 35.6 Å². The lowest BCUT2D eigenvalue weighted by atomic mass is 10.0. The van der Waals surface area contributed by atoms with Gasteiger partial charge in [0.15, 0.2) is 0 Å². The SMILES string of the molecule is COc1cccc(C2CC(C(=O)NCCc3nc(N)cc(=O)[nH]3)NN2)c1. The van der Waals surface area contributed by atoms with E-state index in [1.807, 2.05) is 24.3 Å². The zero-order chi connectivity index (χ0) is 18.5. The number of hydrogen-bond donors (Lipinski definition) is 5. The van der Waals surface area contributed by atoms with Gasteiger partial charge in [-0.1, -0.05) is 12.1 Å². The van der Waals surface area contributed by atoms with Crippen LogP contribution in [0.2, 0.25) is 0 Å². The maximum Gasteiger partial charge on any atom is 0.252 e. The average molecular weight is 358 g/mol. The summed E-state index contributed by atoms with van der Waals surface area (Å²) in [7, 11) is 1.62. The van der Waals surface area contributed by atoms with Gasteiger partial charge in [0, 0.05) is 25.1 Å². The summed E-state index contributed by atoms with van der Waals surface area (Å²) in [6.45, 7) is 0.354. The van der Waals surface area contributed by atoms with Crippen LogP contribution in [0.25, 0.3) is 0 Å². The fraction of sp³-hybridized carbons (Fsp3) is 0.353. The van der Waals surface area contributed by atoms with Crippen LogP contribution in [0.5, 0.6) is 5.75 Å². The van der Waals surface area contributed by atoms with E-state index in [1.165, 1.54) is 6.07 Å². The van der Waals surface area contributed by atoms with Gasteiger partial charge in [-0.2, -0.15) is 0 Å². The first kappa shape index (κ1) is 17.9. The maximum atomic E-state index is 12.3. The van der Waals surface area contributed by atoms with Crippen molar-refractivity contribution in [3.8, 4) is 5.75 Å². The predicted molar refractivity (Wildman–Crippen MR) is 96.4 cm³/mol. The van der Waals surface area contributed by atoms with Crippen molar-refractivity contribution in [2.24, 2.45) is 0 Å². The molecule has 26 heavy (non-hydrogen) atoms. The number of carbonyl (C=O) groups excluding carboxylic acids is 1.